The molecule has 0 radical (unpaired) electrons. The first-order chi connectivity index (χ1) is 7.36. The predicted octanol–water partition coefficient (Wildman–Crippen LogP) is 0.879. The minimum Gasteiger partial charge on any atom is -0.376 e. The molecule has 15 heavy (non-hydrogen) atoms. The van der Waals surface area contributed by atoms with E-state index in [1.807, 2.05) is 6.33 Å². The van der Waals surface area contributed by atoms with Crippen LogP contribution in [0.5, 0.6) is 0 Å². The molecule has 1 saturated heterocycles. The Morgan fingerprint density at radius 1 is 1.60 bits per heavy atom. The molecule has 0 aliphatic carbocycles. The third-order valence-corrected chi connectivity index (χ3v) is 3.51. The summed E-state index contributed by atoms with van der Waals surface area (Å²) in [5.41, 5.74) is 2.64. The fourth-order valence-corrected chi connectivity index (χ4v) is 2.63. The van der Waals surface area contributed by atoms with Crippen LogP contribution in [0.3, 0.4) is 0 Å². The van der Waals surface area contributed by atoms with E-state index in [-0.39, 0.29) is 0 Å². The van der Waals surface area contributed by atoms with E-state index in [2.05, 4.69) is 21.8 Å². The molecule has 0 bridgehead atoms. The molecule has 1 fully saturated rings. The molecule has 4 nitrogen and oxygen atoms in total. The SMILES string of the molecule is CC1OCCC1n1cnc2c1CCNC2. The van der Waals surface area contributed by atoms with E-state index in [1.54, 1.807) is 0 Å². The minimum absolute atomic E-state index is 0.332. The van der Waals surface area contributed by atoms with Crippen molar-refractivity contribution in [3.05, 3.63) is 17.7 Å². The highest BCUT2D eigenvalue weighted by Gasteiger charge is 2.28. The van der Waals surface area contributed by atoms with Crippen LogP contribution in [0.4, 0.5) is 0 Å². The first-order valence-electron chi connectivity index (χ1n) is 5.73. The lowest BCUT2D eigenvalue weighted by Gasteiger charge is -2.21. The quantitative estimate of drug-likeness (QED) is 0.743. The summed E-state index contributed by atoms with van der Waals surface area (Å²) >= 11 is 0. The van der Waals surface area contributed by atoms with Gasteiger partial charge in [0.15, 0.2) is 0 Å². The van der Waals surface area contributed by atoms with Crippen LogP contribution in [0, 0.1) is 0 Å². The van der Waals surface area contributed by atoms with E-state index in [1.165, 1.54) is 11.4 Å². The molecule has 82 valence electrons. The Labute approximate surface area is 89.6 Å². The Balaban J connectivity index is 1.94. The van der Waals surface area contributed by atoms with Crippen LogP contribution >= 0.6 is 0 Å². The van der Waals surface area contributed by atoms with Gasteiger partial charge in [-0.25, -0.2) is 4.98 Å². The average molecular weight is 207 g/mol. The zero-order valence-electron chi connectivity index (χ0n) is 9.07. The van der Waals surface area contributed by atoms with Gasteiger partial charge in [0.05, 0.1) is 24.2 Å². The third kappa shape index (κ3) is 1.48. The molecule has 0 saturated carbocycles. The predicted molar refractivity (Wildman–Crippen MR) is 56.7 cm³/mol. The number of fused-ring (bicyclic) bond motifs is 1. The van der Waals surface area contributed by atoms with E-state index in [9.17, 15) is 0 Å². The Bertz CT molecular complexity index is 361. The number of aromatic nitrogens is 2. The van der Waals surface area contributed by atoms with Crippen LogP contribution in [0.15, 0.2) is 6.33 Å². The Morgan fingerprint density at radius 2 is 2.53 bits per heavy atom. The molecule has 3 rings (SSSR count). The standard InChI is InChI=1S/C11H17N3O/c1-8-10(3-5-15-8)14-7-13-9-6-12-4-2-11(9)14/h7-8,10,12H,2-6H2,1H3. The summed E-state index contributed by atoms with van der Waals surface area (Å²) in [6.45, 7) is 5.03. The molecular formula is C11H17N3O. The third-order valence-electron chi connectivity index (χ3n) is 3.51. The van der Waals surface area contributed by atoms with Crippen LogP contribution < -0.4 is 5.32 Å². The van der Waals surface area contributed by atoms with E-state index in [4.69, 9.17) is 4.74 Å². The number of imidazole rings is 1. The van der Waals surface area contributed by atoms with Gasteiger partial charge < -0.3 is 14.6 Å². The summed E-state index contributed by atoms with van der Waals surface area (Å²) in [6.07, 6.45) is 4.54. The first-order valence-corrected chi connectivity index (χ1v) is 5.73. The lowest BCUT2D eigenvalue weighted by molar-refractivity contribution is 0.107. The zero-order valence-corrected chi connectivity index (χ0v) is 9.07. The summed E-state index contributed by atoms with van der Waals surface area (Å²) in [5.74, 6) is 0. The van der Waals surface area contributed by atoms with Crippen molar-refractivity contribution in [2.24, 2.45) is 0 Å². The highest BCUT2D eigenvalue weighted by atomic mass is 16.5. The van der Waals surface area contributed by atoms with Crippen molar-refractivity contribution in [1.29, 1.82) is 0 Å². The van der Waals surface area contributed by atoms with Crippen molar-refractivity contribution in [3.8, 4) is 0 Å². The molecule has 2 atom stereocenters. The lowest BCUT2D eigenvalue weighted by atomic mass is 10.1. The van der Waals surface area contributed by atoms with Gasteiger partial charge >= 0.3 is 0 Å². The summed E-state index contributed by atoms with van der Waals surface area (Å²) in [6, 6.07) is 0.499. The van der Waals surface area contributed by atoms with Crippen molar-refractivity contribution in [2.45, 2.75) is 38.5 Å². The number of nitrogens with one attached hydrogen (secondary N) is 1. The van der Waals surface area contributed by atoms with Gasteiger partial charge in [-0.3, -0.25) is 0 Å². The van der Waals surface area contributed by atoms with Crippen molar-refractivity contribution in [3.63, 3.8) is 0 Å². The number of ether oxygens (including phenoxy) is 1. The smallest absolute Gasteiger partial charge is 0.0955 e. The van der Waals surface area contributed by atoms with Gasteiger partial charge in [0.25, 0.3) is 0 Å². The van der Waals surface area contributed by atoms with Gasteiger partial charge in [0, 0.05) is 31.8 Å². The van der Waals surface area contributed by atoms with E-state index < -0.39 is 0 Å². The number of hydrogen-bond donors (Lipinski definition) is 1. The van der Waals surface area contributed by atoms with Gasteiger partial charge in [-0.1, -0.05) is 0 Å². The molecule has 0 aromatic carbocycles. The van der Waals surface area contributed by atoms with Gasteiger partial charge in [0.2, 0.25) is 0 Å². The lowest BCUT2D eigenvalue weighted by Crippen LogP contribution is -2.27. The number of hydrogen-bond acceptors (Lipinski definition) is 3. The molecule has 0 amide bonds. The molecular weight excluding hydrogens is 190 g/mol. The maximum absolute atomic E-state index is 5.62. The Morgan fingerprint density at radius 3 is 3.33 bits per heavy atom. The molecule has 4 heteroatoms. The maximum atomic E-state index is 5.62. The monoisotopic (exact) mass is 207 g/mol. The fraction of sp³-hybridized carbons (Fsp3) is 0.727. The van der Waals surface area contributed by atoms with Crippen molar-refractivity contribution in [2.75, 3.05) is 13.2 Å². The Kier molecular flexibility index (Phi) is 2.25. The average Bonchev–Trinajstić information content (AvgIpc) is 2.83. The van der Waals surface area contributed by atoms with E-state index in [0.717, 1.165) is 32.5 Å². The highest BCUT2D eigenvalue weighted by molar-refractivity contribution is 5.17. The molecule has 2 aliphatic rings. The normalized spacial score (nSPS) is 30.5. The van der Waals surface area contributed by atoms with Gasteiger partial charge in [-0.2, -0.15) is 0 Å². The fourth-order valence-electron chi connectivity index (χ4n) is 2.63. The van der Waals surface area contributed by atoms with Crippen LogP contribution in [-0.4, -0.2) is 28.8 Å². The number of rotatable bonds is 1. The zero-order chi connectivity index (χ0) is 10.3. The Hall–Kier alpha value is -0.870. The molecule has 3 heterocycles. The molecule has 1 aromatic rings. The second-order valence-electron chi connectivity index (χ2n) is 4.40. The number of nitrogens with zero attached hydrogens (tertiary/aromatic N) is 2. The van der Waals surface area contributed by atoms with Crippen LogP contribution in [0.1, 0.15) is 30.8 Å². The molecule has 0 spiro atoms. The van der Waals surface area contributed by atoms with Gasteiger partial charge in [0.1, 0.15) is 0 Å². The van der Waals surface area contributed by atoms with Crippen molar-refractivity contribution < 1.29 is 4.74 Å². The highest BCUT2D eigenvalue weighted by Crippen LogP contribution is 2.28. The summed E-state index contributed by atoms with van der Waals surface area (Å²) in [4.78, 5) is 4.48. The second kappa shape index (κ2) is 3.61. The largest absolute Gasteiger partial charge is 0.376 e. The van der Waals surface area contributed by atoms with Gasteiger partial charge in [-0.05, 0) is 13.3 Å². The summed E-state index contributed by atoms with van der Waals surface area (Å²) < 4.78 is 7.96. The second-order valence-corrected chi connectivity index (χ2v) is 4.40. The van der Waals surface area contributed by atoms with Crippen molar-refractivity contribution >= 4 is 0 Å². The van der Waals surface area contributed by atoms with Crippen molar-refractivity contribution in [1.82, 2.24) is 14.9 Å². The topological polar surface area (TPSA) is 39.1 Å². The maximum Gasteiger partial charge on any atom is 0.0955 e. The summed E-state index contributed by atoms with van der Waals surface area (Å²) in [5, 5.41) is 3.35. The summed E-state index contributed by atoms with van der Waals surface area (Å²) in [7, 11) is 0. The molecule has 2 unspecified atom stereocenters. The van der Waals surface area contributed by atoms with Crippen LogP contribution in [0.25, 0.3) is 0 Å². The van der Waals surface area contributed by atoms with Crippen LogP contribution in [-0.2, 0) is 17.7 Å². The minimum atomic E-state index is 0.332. The molecule has 1 N–H and O–H groups in total. The first kappa shape index (κ1) is 9.36. The molecule has 2 aliphatic heterocycles. The van der Waals surface area contributed by atoms with Crippen LogP contribution in [0.2, 0.25) is 0 Å². The van der Waals surface area contributed by atoms with E-state index in [0.29, 0.717) is 12.1 Å². The van der Waals surface area contributed by atoms with E-state index >= 15 is 0 Å². The molecule has 1 aromatic heterocycles. The van der Waals surface area contributed by atoms with Gasteiger partial charge in [-0.15, -0.1) is 0 Å².